The van der Waals surface area contributed by atoms with Gasteiger partial charge in [-0.2, -0.15) is 0 Å². The number of nitrogens with zero attached hydrogens (tertiary/aromatic N) is 2. The van der Waals surface area contributed by atoms with Gasteiger partial charge < -0.3 is 15.4 Å². The number of nitrogens with one attached hydrogen (secondary N) is 2. The highest BCUT2D eigenvalue weighted by atomic mass is 19.1. The number of aryl methyl sites for hydroxylation is 1. The summed E-state index contributed by atoms with van der Waals surface area (Å²) in [6, 6.07) is 12.9. The Kier molecular flexibility index (Phi) is 4.84. The number of aromatic nitrogens is 2. The van der Waals surface area contributed by atoms with Gasteiger partial charge in [-0.05, 0) is 31.2 Å². The lowest BCUT2D eigenvalue weighted by atomic mass is 10.2. The number of hydrogen-bond donors (Lipinski definition) is 2. The van der Waals surface area contributed by atoms with Crippen molar-refractivity contribution in [1.82, 2.24) is 9.97 Å². The maximum atomic E-state index is 13.5. The smallest absolute Gasteiger partial charge is 0.323 e. The second kappa shape index (κ2) is 7.39. The molecule has 3 rings (SSSR count). The molecule has 2 N–H and O–H groups in total. The molecule has 0 radical (unpaired) electrons. The van der Waals surface area contributed by atoms with Crippen molar-refractivity contribution in [3.63, 3.8) is 0 Å². The molecular formula is C18H15FN4O2. The van der Waals surface area contributed by atoms with Crippen LogP contribution in [0.5, 0.6) is 11.8 Å². The maximum absolute atomic E-state index is 13.5. The molecule has 0 aliphatic carbocycles. The van der Waals surface area contributed by atoms with Gasteiger partial charge in [0, 0.05) is 5.69 Å². The molecule has 0 atom stereocenters. The molecule has 0 unspecified atom stereocenters. The van der Waals surface area contributed by atoms with E-state index in [4.69, 9.17) is 4.74 Å². The Morgan fingerprint density at radius 1 is 0.960 bits per heavy atom. The summed E-state index contributed by atoms with van der Waals surface area (Å²) in [4.78, 5) is 19.8. The second-order valence-corrected chi connectivity index (χ2v) is 5.23. The number of carbonyl (C=O) groups is 1. The highest BCUT2D eigenvalue weighted by molar-refractivity contribution is 5.99. The van der Waals surface area contributed by atoms with E-state index in [0.717, 1.165) is 5.56 Å². The van der Waals surface area contributed by atoms with E-state index in [1.807, 2.05) is 19.1 Å². The monoisotopic (exact) mass is 338 g/mol. The van der Waals surface area contributed by atoms with E-state index in [2.05, 4.69) is 20.6 Å². The van der Waals surface area contributed by atoms with Crippen LogP contribution in [0.1, 0.15) is 5.56 Å². The van der Waals surface area contributed by atoms with Gasteiger partial charge in [0.05, 0.1) is 18.1 Å². The number of anilines is 2. The molecule has 2 amide bonds. The average Bonchev–Trinajstić information content (AvgIpc) is 2.61. The first-order valence-electron chi connectivity index (χ1n) is 7.49. The van der Waals surface area contributed by atoms with Crippen LogP contribution in [0.2, 0.25) is 0 Å². The van der Waals surface area contributed by atoms with Gasteiger partial charge in [0.15, 0.2) is 11.6 Å². The van der Waals surface area contributed by atoms with Crippen molar-refractivity contribution < 1.29 is 13.9 Å². The quantitative estimate of drug-likeness (QED) is 0.741. The van der Waals surface area contributed by atoms with Crippen molar-refractivity contribution in [2.75, 3.05) is 10.6 Å². The fourth-order valence-corrected chi connectivity index (χ4v) is 1.99. The minimum Gasteiger partial charge on any atom is -0.421 e. The van der Waals surface area contributed by atoms with E-state index in [-0.39, 0.29) is 11.8 Å². The summed E-state index contributed by atoms with van der Waals surface area (Å²) in [5.41, 5.74) is 2.15. The highest BCUT2D eigenvalue weighted by Crippen LogP contribution is 2.21. The van der Waals surface area contributed by atoms with Gasteiger partial charge in [-0.3, -0.25) is 0 Å². The SMILES string of the molecule is Cc1ccc(NC(=O)Nc2cnc(Oc3ccccc3F)nc2)cc1. The molecule has 3 aromatic rings. The summed E-state index contributed by atoms with van der Waals surface area (Å²) >= 11 is 0. The average molecular weight is 338 g/mol. The van der Waals surface area contributed by atoms with Crippen molar-refractivity contribution in [1.29, 1.82) is 0 Å². The number of hydrogen-bond acceptors (Lipinski definition) is 4. The molecule has 7 heteroatoms. The molecule has 126 valence electrons. The van der Waals surface area contributed by atoms with Gasteiger partial charge in [-0.25, -0.2) is 19.2 Å². The number of amides is 2. The van der Waals surface area contributed by atoms with Crippen LogP contribution >= 0.6 is 0 Å². The molecule has 0 saturated heterocycles. The number of carbonyl (C=O) groups excluding carboxylic acids is 1. The van der Waals surface area contributed by atoms with E-state index in [1.165, 1.54) is 24.5 Å². The van der Waals surface area contributed by atoms with Crippen molar-refractivity contribution in [2.24, 2.45) is 0 Å². The summed E-state index contributed by atoms with van der Waals surface area (Å²) in [5.74, 6) is -0.480. The van der Waals surface area contributed by atoms with Crippen LogP contribution in [0, 0.1) is 12.7 Å². The molecule has 0 spiro atoms. The van der Waals surface area contributed by atoms with Crippen LogP contribution in [0.25, 0.3) is 0 Å². The summed E-state index contributed by atoms with van der Waals surface area (Å²) in [6.45, 7) is 1.96. The zero-order chi connectivity index (χ0) is 17.6. The van der Waals surface area contributed by atoms with E-state index in [9.17, 15) is 9.18 Å². The molecule has 25 heavy (non-hydrogen) atoms. The Morgan fingerprint density at radius 3 is 2.28 bits per heavy atom. The molecule has 1 heterocycles. The molecule has 0 saturated carbocycles. The van der Waals surface area contributed by atoms with Gasteiger partial charge in [0.1, 0.15) is 0 Å². The Hall–Kier alpha value is -3.48. The number of para-hydroxylation sites is 1. The van der Waals surface area contributed by atoms with E-state index in [0.29, 0.717) is 11.4 Å². The summed E-state index contributed by atoms with van der Waals surface area (Å²) < 4.78 is 18.8. The van der Waals surface area contributed by atoms with Crippen molar-refractivity contribution >= 4 is 17.4 Å². The predicted octanol–water partition coefficient (Wildman–Crippen LogP) is 4.36. The molecular weight excluding hydrogens is 323 g/mol. The Morgan fingerprint density at radius 2 is 1.60 bits per heavy atom. The Bertz CT molecular complexity index is 867. The summed E-state index contributed by atoms with van der Waals surface area (Å²) in [5, 5.41) is 5.30. The van der Waals surface area contributed by atoms with Crippen LogP contribution < -0.4 is 15.4 Å². The van der Waals surface area contributed by atoms with Crippen LogP contribution in [-0.2, 0) is 0 Å². The summed E-state index contributed by atoms with van der Waals surface area (Å²) in [7, 11) is 0. The number of halogens is 1. The first-order chi connectivity index (χ1) is 12.1. The van der Waals surface area contributed by atoms with Crippen LogP contribution in [0.4, 0.5) is 20.6 Å². The topological polar surface area (TPSA) is 76.1 Å². The first-order valence-corrected chi connectivity index (χ1v) is 7.49. The number of urea groups is 1. The minimum absolute atomic E-state index is 0.0189. The second-order valence-electron chi connectivity index (χ2n) is 5.23. The molecule has 0 aliphatic rings. The maximum Gasteiger partial charge on any atom is 0.323 e. The Labute approximate surface area is 143 Å². The normalized spacial score (nSPS) is 10.2. The van der Waals surface area contributed by atoms with Gasteiger partial charge in [0.2, 0.25) is 0 Å². The van der Waals surface area contributed by atoms with E-state index < -0.39 is 11.8 Å². The fraction of sp³-hybridized carbons (Fsp3) is 0.0556. The molecule has 2 aromatic carbocycles. The van der Waals surface area contributed by atoms with Crippen molar-refractivity contribution in [2.45, 2.75) is 6.92 Å². The molecule has 0 fully saturated rings. The van der Waals surface area contributed by atoms with Crippen LogP contribution in [-0.4, -0.2) is 16.0 Å². The largest absolute Gasteiger partial charge is 0.421 e. The lowest BCUT2D eigenvalue weighted by molar-refractivity contribution is 0.262. The Balaban J connectivity index is 1.59. The standard InChI is InChI=1S/C18H15FN4O2/c1-12-6-8-13(9-7-12)22-17(24)23-14-10-20-18(21-11-14)25-16-5-3-2-4-15(16)19/h2-11H,1H3,(H2,22,23,24). The van der Waals surface area contributed by atoms with Gasteiger partial charge in [-0.15, -0.1) is 0 Å². The zero-order valence-electron chi connectivity index (χ0n) is 13.4. The van der Waals surface area contributed by atoms with Gasteiger partial charge in [0.25, 0.3) is 0 Å². The van der Waals surface area contributed by atoms with Crippen LogP contribution in [0.15, 0.2) is 60.9 Å². The van der Waals surface area contributed by atoms with E-state index in [1.54, 1.807) is 24.3 Å². The predicted molar refractivity (Wildman–Crippen MR) is 92.3 cm³/mol. The molecule has 0 aliphatic heterocycles. The highest BCUT2D eigenvalue weighted by Gasteiger charge is 2.07. The minimum atomic E-state index is -0.509. The molecule has 0 bridgehead atoms. The summed E-state index contributed by atoms with van der Waals surface area (Å²) in [6.07, 6.45) is 2.75. The fourth-order valence-electron chi connectivity index (χ4n) is 1.99. The van der Waals surface area contributed by atoms with Gasteiger partial charge in [-0.1, -0.05) is 29.8 Å². The molecule has 6 nitrogen and oxygen atoms in total. The van der Waals surface area contributed by atoms with Crippen molar-refractivity contribution in [3.05, 3.63) is 72.3 Å². The van der Waals surface area contributed by atoms with E-state index >= 15 is 0 Å². The zero-order valence-corrected chi connectivity index (χ0v) is 13.4. The lowest BCUT2D eigenvalue weighted by Crippen LogP contribution is -2.19. The van der Waals surface area contributed by atoms with Crippen LogP contribution in [0.3, 0.4) is 0 Å². The number of benzene rings is 2. The third-order valence-corrected chi connectivity index (χ3v) is 3.23. The lowest BCUT2D eigenvalue weighted by Gasteiger charge is -2.08. The van der Waals surface area contributed by atoms with Gasteiger partial charge >= 0.3 is 12.0 Å². The third-order valence-electron chi connectivity index (χ3n) is 3.23. The first kappa shape index (κ1) is 16.4. The number of ether oxygens (including phenoxy) is 1. The van der Waals surface area contributed by atoms with Crippen molar-refractivity contribution in [3.8, 4) is 11.8 Å². The molecule has 1 aromatic heterocycles. The third kappa shape index (κ3) is 4.51. The number of rotatable bonds is 4.